The third kappa shape index (κ3) is 8.20. The monoisotopic (exact) mass is 537 g/mol. The molecule has 2 aromatic rings. The van der Waals surface area contributed by atoms with Gasteiger partial charge in [0.15, 0.2) is 5.96 Å². The van der Waals surface area contributed by atoms with Crippen LogP contribution in [-0.2, 0) is 13.1 Å². The van der Waals surface area contributed by atoms with Crippen molar-refractivity contribution in [1.82, 2.24) is 15.6 Å². The molecule has 31 heavy (non-hydrogen) atoms. The van der Waals surface area contributed by atoms with Crippen molar-refractivity contribution < 1.29 is 4.74 Å². The zero-order valence-electron chi connectivity index (χ0n) is 19.1. The summed E-state index contributed by atoms with van der Waals surface area (Å²) in [6.07, 6.45) is 4.39. The Bertz CT molecular complexity index is 844. The average molecular weight is 537 g/mol. The lowest BCUT2D eigenvalue weighted by Gasteiger charge is -2.23. The minimum absolute atomic E-state index is 0. The van der Waals surface area contributed by atoms with E-state index in [2.05, 4.69) is 60.3 Å². The maximum Gasteiger partial charge on any atom is 0.191 e. The van der Waals surface area contributed by atoms with E-state index in [1.807, 2.05) is 30.5 Å². The molecule has 1 aromatic heterocycles. The van der Waals surface area contributed by atoms with Crippen LogP contribution in [0.5, 0.6) is 5.75 Å². The van der Waals surface area contributed by atoms with Gasteiger partial charge in [-0.15, -0.1) is 24.0 Å². The summed E-state index contributed by atoms with van der Waals surface area (Å²) in [6, 6.07) is 12.3. The normalized spacial score (nSPS) is 14.2. The van der Waals surface area contributed by atoms with Crippen LogP contribution < -0.4 is 20.3 Å². The lowest BCUT2D eigenvalue weighted by atomic mass is 10.1. The summed E-state index contributed by atoms with van der Waals surface area (Å²) in [5.74, 6) is 2.76. The summed E-state index contributed by atoms with van der Waals surface area (Å²) in [7, 11) is 0. The van der Waals surface area contributed by atoms with Gasteiger partial charge in [-0.25, -0.2) is 9.98 Å². The first-order chi connectivity index (χ1) is 14.4. The lowest BCUT2D eigenvalue weighted by Crippen LogP contribution is -2.37. The fourth-order valence-corrected chi connectivity index (χ4v) is 3.45. The van der Waals surface area contributed by atoms with Crippen LogP contribution in [0.1, 0.15) is 51.7 Å². The molecule has 2 N–H and O–H groups in total. The quantitative estimate of drug-likeness (QED) is 0.304. The number of halogens is 1. The van der Waals surface area contributed by atoms with Crippen LogP contribution in [0.25, 0.3) is 0 Å². The van der Waals surface area contributed by atoms with Crippen molar-refractivity contribution in [3.05, 3.63) is 53.7 Å². The second kappa shape index (κ2) is 12.1. The molecule has 0 unspecified atom stereocenters. The number of nitrogens with zero attached hydrogens (tertiary/aromatic N) is 3. The Labute approximate surface area is 203 Å². The number of hydrogen-bond donors (Lipinski definition) is 2. The minimum Gasteiger partial charge on any atom is -0.488 e. The maximum atomic E-state index is 6.10. The fourth-order valence-electron chi connectivity index (χ4n) is 3.45. The molecular formula is C24H36IN5O. The van der Waals surface area contributed by atoms with Crippen molar-refractivity contribution in [2.45, 2.75) is 59.2 Å². The van der Waals surface area contributed by atoms with Gasteiger partial charge in [0.2, 0.25) is 0 Å². The molecule has 1 aliphatic heterocycles. The SMILES string of the molecule is CCNC(=NCc1ccnc(N2CCCC2)c1)NCc1ccccc1OC(C)(C)C.I. The van der Waals surface area contributed by atoms with Gasteiger partial charge in [-0.3, -0.25) is 0 Å². The molecule has 1 fully saturated rings. The van der Waals surface area contributed by atoms with E-state index in [-0.39, 0.29) is 29.6 Å². The number of rotatable bonds is 7. The van der Waals surface area contributed by atoms with Crippen LogP contribution in [0.2, 0.25) is 0 Å². The molecule has 0 amide bonds. The van der Waals surface area contributed by atoms with Crippen LogP contribution in [0, 0.1) is 0 Å². The van der Waals surface area contributed by atoms with E-state index < -0.39 is 0 Å². The number of aromatic nitrogens is 1. The summed E-state index contributed by atoms with van der Waals surface area (Å²) >= 11 is 0. The highest BCUT2D eigenvalue weighted by molar-refractivity contribution is 14.0. The molecular weight excluding hydrogens is 501 g/mol. The third-order valence-electron chi connectivity index (χ3n) is 4.84. The molecule has 0 atom stereocenters. The first-order valence-corrected chi connectivity index (χ1v) is 10.9. The third-order valence-corrected chi connectivity index (χ3v) is 4.84. The summed E-state index contributed by atoms with van der Waals surface area (Å²) in [6.45, 7) is 12.5. The highest BCUT2D eigenvalue weighted by Gasteiger charge is 2.15. The number of hydrogen-bond acceptors (Lipinski definition) is 4. The molecule has 2 heterocycles. The van der Waals surface area contributed by atoms with Gasteiger partial charge in [0, 0.05) is 37.9 Å². The van der Waals surface area contributed by atoms with E-state index in [4.69, 9.17) is 9.73 Å². The molecule has 0 spiro atoms. The molecule has 1 aromatic carbocycles. The number of para-hydroxylation sites is 1. The van der Waals surface area contributed by atoms with Crippen molar-refractivity contribution in [1.29, 1.82) is 0 Å². The van der Waals surface area contributed by atoms with Crippen molar-refractivity contribution in [3.63, 3.8) is 0 Å². The highest BCUT2D eigenvalue weighted by Crippen LogP contribution is 2.23. The van der Waals surface area contributed by atoms with E-state index in [1.165, 1.54) is 18.4 Å². The van der Waals surface area contributed by atoms with Gasteiger partial charge < -0.3 is 20.3 Å². The zero-order valence-corrected chi connectivity index (χ0v) is 21.5. The topological polar surface area (TPSA) is 61.8 Å². The van der Waals surface area contributed by atoms with Gasteiger partial charge >= 0.3 is 0 Å². The van der Waals surface area contributed by atoms with Crippen LogP contribution in [0.3, 0.4) is 0 Å². The number of aliphatic imine (C=N–C) groups is 1. The highest BCUT2D eigenvalue weighted by atomic mass is 127. The first-order valence-electron chi connectivity index (χ1n) is 10.9. The number of guanidine groups is 1. The molecule has 0 saturated carbocycles. The van der Waals surface area contributed by atoms with Gasteiger partial charge in [0.05, 0.1) is 6.54 Å². The Morgan fingerprint density at radius 3 is 2.58 bits per heavy atom. The van der Waals surface area contributed by atoms with E-state index in [0.29, 0.717) is 13.1 Å². The van der Waals surface area contributed by atoms with Gasteiger partial charge in [-0.1, -0.05) is 18.2 Å². The Kier molecular flexibility index (Phi) is 9.87. The molecule has 0 radical (unpaired) electrons. The number of anilines is 1. The Hall–Kier alpha value is -2.03. The molecule has 0 aliphatic carbocycles. The largest absolute Gasteiger partial charge is 0.488 e. The van der Waals surface area contributed by atoms with Gasteiger partial charge in [-0.2, -0.15) is 0 Å². The van der Waals surface area contributed by atoms with Gasteiger partial charge in [-0.05, 0) is 64.3 Å². The van der Waals surface area contributed by atoms with Crippen molar-refractivity contribution in [3.8, 4) is 5.75 Å². The second-order valence-corrected chi connectivity index (χ2v) is 8.59. The van der Waals surface area contributed by atoms with Crippen LogP contribution in [-0.4, -0.2) is 36.2 Å². The summed E-state index contributed by atoms with van der Waals surface area (Å²) in [4.78, 5) is 11.7. The van der Waals surface area contributed by atoms with E-state index in [9.17, 15) is 0 Å². The summed E-state index contributed by atoms with van der Waals surface area (Å²) in [5.41, 5.74) is 2.04. The average Bonchev–Trinajstić information content (AvgIpc) is 3.25. The molecule has 1 saturated heterocycles. The molecule has 6 nitrogen and oxygen atoms in total. The molecule has 7 heteroatoms. The summed E-state index contributed by atoms with van der Waals surface area (Å²) < 4.78 is 6.10. The smallest absolute Gasteiger partial charge is 0.191 e. The fraction of sp³-hybridized carbons (Fsp3) is 0.500. The zero-order chi connectivity index (χ0) is 21.4. The number of nitrogens with one attached hydrogen (secondary N) is 2. The molecule has 170 valence electrons. The standard InChI is InChI=1S/C24H35N5O.HI/c1-5-25-23(28-18-20-10-6-7-11-21(20)30-24(2,3)4)27-17-19-12-13-26-22(16-19)29-14-8-9-15-29;/h6-7,10-13,16H,5,8-9,14-15,17-18H2,1-4H3,(H2,25,27,28);1H. The Balaban J connectivity index is 0.00000341. The molecule has 3 rings (SSSR count). The van der Waals surface area contributed by atoms with Crippen molar-refractivity contribution >= 4 is 35.8 Å². The van der Waals surface area contributed by atoms with Crippen molar-refractivity contribution in [2.75, 3.05) is 24.5 Å². The number of pyridine rings is 1. The number of benzene rings is 1. The minimum atomic E-state index is -0.233. The predicted octanol–water partition coefficient (Wildman–Crippen LogP) is 4.73. The van der Waals surface area contributed by atoms with Crippen molar-refractivity contribution in [2.24, 2.45) is 4.99 Å². The Morgan fingerprint density at radius 2 is 1.87 bits per heavy atom. The molecule has 0 bridgehead atoms. The van der Waals surface area contributed by atoms with Crippen LogP contribution >= 0.6 is 24.0 Å². The number of ether oxygens (including phenoxy) is 1. The maximum absolute atomic E-state index is 6.10. The van der Waals surface area contributed by atoms with E-state index in [0.717, 1.165) is 42.7 Å². The van der Waals surface area contributed by atoms with Crippen LogP contribution in [0.4, 0.5) is 5.82 Å². The Morgan fingerprint density at radius 1 is 1.13 bits per heavy atom. The van der Waals surface area contributed by atoms with Gasteiger partial charge in [0.25, 0.3) is 0 Å². The van der Waals surface area contributed by atoms with E-state index >= 15 is 0 Å². The first kappa shape index (κ1) is 25.2. The second-order valence-electron chi connectivity index (χ2n) is 8.59. The predicted molar refractivity (Wildman–Crippen MR) is 140 cm³/mol. The lowest BCUT2D eigenvalue weighted by molar-refractivity contribution is 0.129. The van der Waals surface area contributed by atoms with Crippen LogP contribution in [0.15, 0.2) is 47.6 Å². The van der Waals surface area contributed by atoms with E-state index in [1.54, 1.807) is 0 Å². The molecule has 1 aliphatic rings. The van der Waals surface area contributed by atoms with Gasteiger partial charge in [0.1, 0.15) is 17.2 Å². The summed E-state index contributed by atoms with van der Waals surface area (Å²) in [5, 5.41) is 6.77.